The van der Waals surface area contributed by atoms with Crippen LogP contribution in [0.4, 0.5) is 0 Å². The molecule has 0 saturated carbocycles. The topological polar surface area (TPSA) is 66.4 Å². The van der Waals surface area contributed by atoms with Gasteiger partial charge in [-0.15, -0.1) is 0 Å². The molecule has 1 saturated heterocycles. The molecule has 1 aliphatic rings. The molecule has 0 aromatic heterocycles. The van der Waals surface area contributed by atoms with Crippen molar-refractivity contribution in [1.29, 1.82) is 0 Å². The van der Waals surface area contributed by atoms with Crippen LogP contribution in [0.2, 0.25) is 42.3 Å². The molecule has 1 fully saturated rings. The Morgan fingerprint density at radius 3 is 2.10 bits per heavy atom. The average Bonchev–Trinajstić information content (AvgIpc) is 2.87. The lowest BCUT2D eigenvalue weighted by Gasteiger charge is -2.46. The summed E-state index contributed by atoms with van der Waals surface area (Å²) in [5, 5.41) is 10.3. The summed E-state index contributed by atoms with van der Waals surface area (Å²) in [6, 6.07) is 11.1. The van der Waals surface area contributed by atoms with E-state index in [0.717, 1.165) is 11.6 Å². The summed E-state index contributed by atoms with van der Waals surface area (Å²) in [4.78, 5) is 0. The smallest absolute Gasteiger partial charge is 0.200 e. The van der Waals surface area contributed by atoms with Gasteiger partial charge in [0.1, 0.15) is 25.1 Å². The summed E-state index contributed by atoms with van der Waals surface area (Å²) >= 11 is 0. The maximum atomic E-state index is 10.3. The van der Waals surface area contributed by atoms with E-state index >= 15 is 0 Å². The minimum atomic E-state index is -2.13. The van der Waals surface area contributed by atoms with Gasteiger partial charge in [-0.3, -0.25) is 0 Å². The number of hydrogen-bond donors (Lipinski definition) is 1. The second kappa shape index (κ2) is 16.0. The van der Waals surface area contributed by atoms with Crippen LogP contribution in [0.3, 0.4) is 0 Å². The molecule has 6 nitrogen and oxygen atoms in total. The van der Waals surface area contributed by atoms with Crippen LogP contribution >= 0.6 is 0 Å². The fourth-order valence-corrected chi connectivity index (χ4v) is 11.8. The number of aliphatic hydroxyl groups is 1. The van der Waals surface area contributed by atoms with Gasteiger partial charge in [0, 0.05) is 20.2 Å². The molecule has 1 N–H and O–H groups in total. The molecule has 8 heteroatoms. The van der Waals surface area contributed by atoms with Crippen LogP contribution in [-0.4, -0.2) is 65.9 Å². The maximum Gasteiger partial charge on any atom is 0.200 e. The lowest BCUT2D eigenvalue weighted by atomic mass is 10.0. The van der Waals surface area contributed by atoms with Crippen molar-refractivity contribution < 1.29 is 28.5 Å². The lowest BCUT2D eigenvalue weighted by Crippen LogP contribution is -2.54. The Bertz CT molecular complexity index is 817. The summed E-state index contributed by atoms with van der Waals surface area (Å²) < 4.78 is 32.4. The molecular formula is C31H56O6Si2. The van der Waals surface area contributed by atoms with E-state index in [9.17, 15) is 5.11 Å². The van der Waals surface area contributed by atoms with Crippen molar-refractivity contribution in [3.8, 4) is 0 Å². The molecule has 1 heterocycles. The SMILES string of the molecule is CC[C@@H](O)/C=C/[C@@H]1O[C@H](c2ccccc2)O[C@H](CO[Si](C(C)C)(C(C)C)C(C)C)[C@H]1OCOCC[Si](C)(C)C. The van der Waals surface area contributed by atoms with Crippen LogP contribution in [-0.2, 0) is 23.4 Å². The molecule has 0 unspecified atom stereocenters. The molecule has 1 aromatic rings. The molecule has 39 heavy (non-hydrogen) atoms. The van der Waals surface area contributed by atoms with E-state index in [1.54, 1.807) is 6.08 Å². The molecule has 224 valence electrons. The third-order valence-electron chi connectivity index (χ3n) is 7.83. The van der Waals surface area contributed by atoms with Crippen LogP contribution < -0.4 is 0 Å². The van der Waals surface area contributed by atoms with Gasteiger partial charge in [-0.05, 0) is 29.1 Å². The first kappa shape index (κ1) is 34.4. The van der Waals surface area contributed by atoms with E-state index in [4.69, 9.17) is 23.4 Å². The van der Waals surface area contributed by atoms with E-state index in [0.29, 0.717) is 36.3 Å². The van der Waals surface area contributed by atoms with Crippen LogP contribution in [0.15, 0.2) is 42.5 Å². The summed E-state index contributed by atoms with van der Waals surface area (Å²) in [7, 11) is -3.33. The summed E-state index contributed by atoms with van der Waals surface area (Å²) in [5.41, 5.74) is 2.33. The van der Waals surface area contributed by atoms with Gasteiger partial charge in [-0.1, -0.05) is 111 Å². The van der Waals surface area contributed by atoms with Crippen LogP contribution in [0.25, 0.3) is 0 Å². The largest absolute Gasteiger partial charge is 0.413 e. The van der Waals surface area contributed by atoms with Crippen molar-refractivity contribution in [2.75, 3.05) is 20.0 Å². The van der Waals surface area contributed by atoms with Crippen molar-refractivity contribution in [2.24, 2.45) is 0 Å². The molecule has 0 bridgehead atoms. The van der Waals surface area contributed by atoms with Gasteiger partial charge < -0.3 is 28.5 Å². The maximum absolute atomic E-state index is 10.3. The zero-order valence-corrected chi connectivity index (χ0v) is 28.2. The minimum absolute atomic E-state index is 0.163. The third kappa shape index (κ3) is 10.2. The highest BCUT2D eigenvalue weighted by atomic mass is 28.4. The number of rotatable bonds is 16. The predicted molar refractivity (Wildman–Crippen MR) is 165 cm³/mol. The average molecular weight is 581 g/mol. The molecule has 0 spiro atoms. The highest BCUT2D eigenvalue weighted by molar-refractivity contribution is 6.77. The normalized spacial score (nSPS) is 23.8. The highest BCUT2D eigenvalue weighted by Crippen LogP contribution is 2.43. The quantitative estimate of drug-likeness (QED) is 0.0936. The van der Waals surface area contributed by atoms with Gasteiger partial charge >= 0.3 is 0 Å². The van der Waals surface area contributed by atoms with E-state index in [1.807, 2.05) is 43.3 Å². The Hall–Kier alpha value is -0.846. The molecule has 1 aromatic carbocycles. The number of hydrogen-bond acceptors (Lipinski definition) is 6. The van der Waals surface area contributed by atoms with E-state index in [2.05, 4.69) is 61.2 Å². The second-order valence-electron chi connectivity index (χ2n) is 13.0. The molecule has 0 aliphatic carbocycles. The van der Waals surface area contributed by atoms with Gasteiger partial charge in [-0.2, -0.15) is 0 Å². The Morgan fingerprint density at radius 1 is 0.949 bits per heavy atom. The molecule has 0 radical (unpaired) electrons. The van der Waals surface area contributed by atoms with E-state index in [-0.39, 0.29) is 12.9 Å². The highest BCUT2D eigenvalue weighted by Gasteiger charge is 2.47. The fraction of sp³-hybridized carbons (Fsp3) is 0.742. The van der Waals surface area contributed by atoms with Gasteiger partial charge in [0.25, 0.3) is 0 Å². The number of aliphatic hydroxyl groups excluding tert-OH is 1. The number of ether oxygens (including phenoxy) is 4. The van der Waals surface area contributed by atoms with Crippen LogP contribution in [0.5, 0.6) is 0 Å². The van der Waals surface area contributed by atoms with Gasteiger partial charge in [0.2, 0.25) is 0 Å². The predicted octanol–water partition coefficient (Wildman–Crippen LogP) is 7.69. The first-order chi connectivity index (χ1) is 18.3. The van der Waals surface area contributed by atoms with Crippen molar-refractivity contribution in [3.05, 3.63) is 48.0 Å². The Morgan fingerprint density at radius 2 is 1.56 bits per heavy atom. The molecular weight excluding hydrogens is 525 g/mol. The lowest BCUT2D eigenvalue weighted by molar-refractivity contribution is -0.300. The van der Waals surface area contributed by atoms with Crippen molar-refractivity contribution in [2.45, 2.75) is 128 Å². The summed E-state index contributed by atoms with van der Waals surface area (Å²) in [6.45, 7) is 24.0. The van der Waals surface area contributed by atoms with Gasteiger partial charge in [-0.25, -0.2) is 0 Å². The first-order valence-electron chi connectivity index (χ1n) is 14.9. The zero-order valence-electron chi connectivity index (χ0n) is 26.2. The molecule has 0 amide bonds. The fourth-order valence-electron chi connectivity index (χ4n) is 5.62. The first-order valence-corrected chi connectivity index (χ1v) is 20.7. The van der Waals surface area contributed by atoms with Crippen LogP contribution in [0.1, 0.15) is 66.7 Å². The van der Waals surface area contributed by atoms with Crippen molar-refractivity contribution in [3.63, 3.8) is 0 Å². The van der Waals surface area contributed by atoms with Crippen molar-refractivity contribution >= 4 is 16.4 Å². The third-order valence-corrected chi connectivity index (χ3v) is 15.6. The standard InChI is InChI=1S/C31H56O6Si2/c1-11-27(32)17-18-28-30(34-22-33-19-20-38(8,9)10)29(37-31(36-28)26-15-13-12-14-16-26)21-35-39(23(2)3,24(4)5)25(6)7/h12-18,23-25,27-32H,11,19-22H2,1-10H3/b18-17+/t27-,28+,29-,30+,31+/m1/s1. The summed E-state index contributed by atoms with van der Waals surface area (Å²) in [6.07, 6.45) is 2.03. The zero-order chi connectivity index (χ0) is 29.2. The second-order valence-corrected chi connectivity index (χ2v) is 24.1. The van der Waals surface area contributed by atoms with Gasteiger partial charge in [0.05, 0.1) is 12.7 Å². The van der Waals surface area contributed by atoms with Gasteiger partial charge in [0.15, 0.2) is 14.6 Å². The molecule has 1 aliphatic heterocycles. The Labute approximate surface area is 240 Å². The van der Waals surface area contributed by atoms with Crippen LogP contribution in [0, 0.1) is 0 Å². The minimum Gasteiger partial charge on any atom is -0.413 e. The Balaban J connectivity index is 2.35. The molecule has 5 atom stereocenters. The molecule has 2 rings (SSSR count). The van der Waals surface area contributed by atoms with E-state index in [1.165, 1.54) is 0 Å². The number of benzene rings is 1. The Kier molecular flexibility index (Phi) is 14.1. The van der Waals surface area contributed by atoms with Crippen molar-refractivity contribution in [1.82, 2.24) is 0 Å². The summed E-state index contributed by atoms with van der Waals surface area (Å²) in [5.74, 6) is 0. The van der Waals surface area contributed by atoms with E-state index < -0.39 is 41.0 Å². The monoisotopic (exact) mass is 580 g/mol.